The Kier molecular flexibility index (Phi) is 4.43. The SMILES string of the molecule is C=C(Cl)COc1ccc(CNC)nc1. The van der Waals surface area contributed by atoms with Gasteiger partial charge in [-0.25, -0.2) is 0 Å². The summed E-state index contributed by atoms with van der Waals surface area (Å²) in [5.74, 6) is 0.701. The molecule has 1 rings (SSSR count). The summed E-state index contributed by atoms with van der Waals surface area (Å²) in [6.07, 6.45) is 1.67. The molecule has 0 spiro atoms. The van der Waals surface area contributed by atoms with Crippen LogP contribution in [0.5, 0.6) is 5.75 Å². The van der Waals surface area contributed by atoms with E-state index >= 15 is 0 Å². The van der Waals surface area contributed by atoms with Gasteiger partial charge in [-0.05, 0) is 19.2 Å². The Balaban J connectivity index is 2.50. The zero-order valence-electron chi connectivity index (χ0n) is 8.09. The molecule has 1 heterocycles. The van der Waals surface area contributed by atoms with Gasteiger partial charge in [0.1, 0.15) is 12.4 Å². The minimum absolute atomic E-state index is 0.314. The van der Waals surface area contributed by atoms with Crippen LogP contribution >= 0.6 is 11.6 Å². The minimum atomic E-state index is 0.314. The second-order valence-electron chi connectivity index (χ2n) is 2.82. The Labute approximate surface area is 88.8 Å². The quantitative estimate of drug-likeness (QED) is 0.810. The molecule has 1 N–H and O–H groups in total. The van der Waals surface area contributed by atoms with E-state index < -0.39 is 0 Å². The molecular formula is C10H13ClN2O. The first-order chi connectivity index (χ1) is 6.72. The highest BCUT2D eigenvalue weighted by molar-refractivity contribution is 6.29. The molecule has 0 atom stereocenters. The molecule has 0 amide bonds. The van der Waals surface area contributed by atoms with Crippen LogP contribution in [0.2, 0.25) is 0 Å². The maximum Gasteiger partial charge on any atom is 0.138 e. The van der Waals surface area contributed by atoms with Crippen LogP contribution in [0.4, 0.5) is 0 Å². The Hall–Kier alpha value is -1.06. The molecule has 0 unspecified atom stereocenters. The number of rotatable bonds is 5. The number of nitrogens with one attached hydrogen (secondary N) is 1. The lowest BCUT2D eigenvalue weighted by Gasteiger charge is -2.04. The molecule has 1 aromatic heterocycles. The van der Waals surface area contributed by atoms with Crippen molar-refractivity contribution in [3.8, 4) is 5.75 Å². The standard InChI is InChI=1S/C10H13ClN2O/c1-8(11)7-14-10-4-3-9(5-12-2)13-6-10/h3-4,6,12H,1,5,7H2,2H3. The van der Waals surface area contributed by atoms with Gasteiger partial charge >= 0.3 is 0 Å². The number of hydrogen-bond donors (Lipinski definition) is 1. The van der Waals surface area contributed by atoms with Crippen LogP contribution in [-0.2, 0) is 6.54 Å². The lowest BCUT2D eigenvalue weighted by atomic mass is 10.3. The van der Waals surface area contributed by atoms with Crippen molar-refractivity contribution in [3.63, 3.8) is 0 Å². The molecule has 0 radical (unpaired) electrons. The van der Waals surface area contributed by atoms with E-state index in [1.165, 1.54) is 0 Å². The number of halogens is 1. The minimum Gasteiger partial charge on any atom is -0.486 e. The van der Waals surface area contributed by atoms with E-state index in [2.05, 4.69) is 16.9 Å². The van der Waals surface area contributed by atoms with Gasteiger partial charge in [0.2, 0.25) is 0 Å². The summed E-state index contributed by atoms with van der Waals surface area (Å²) in [7, 11) is 1.88. The lowest BCUT2D eigenvalue weighted by Crippen LogP contribution is -2.06. The molecule has 0 saturated heterocycles. The van der Waals surface area contributed by atoms with Gasteiger partial charge in [0, 0.05) is 11.6 Å². The second-order valence-corrected chi connectivity index (χ2v) is 3.36. The summed E-state index contributed by atoms with van der Waals surface area (Å²) in [5, 5.41) is 3.49. The summed E-state index contributed by atoms with van der Waals surface area (Å²) in [6.45, 7) is 4.59. The summed E-state index contributed by atoms with van der Waals surface area (Å²) < 4.78 is 5.29. The van der Waals surface area contributed by atoms with Crippen LogP contribution in [-0.4, -0.2) is 18.6 Å². The van der Waals surface area contributed by atoms with Crippen molar-refractivity contribution in [2.24, 2.45) is 0 Å². The first-order valence-corrected chi connectivity index (χ1v) is 4.66. The number of nitrogens with zero attached hydrogens (tertiary/aromatic N) is 1. The monoisotopic (exact) mass is 212 g/mol. The number of pyridine rings is 1. The van der Waals surface area contributed by atoms with Gasteiger partial charge in [-0.15, -0.1) is 0 Å². The summed E-state index contributed by atoms with van der Waals surface area (Å²) in [5.41, 5.74) is 0.976. The van der Waals surface area contributed by atoms with Crippen molar-refractivity contribution in [1.29, 1.82) is 0 Å². The highest BCUT2D eigenvalue weighted by atomic mass is 35.5. The van der Waals surface area contributed by atoms with E-state index in [4.69, 9.17) is 16.3 Å². The Morgan fingerprint density at radius 3 is 2.93 bits per heavy atom. The third-order valence-corrected chi connectivity index (χ3v) is 1.66. The highest BCUT2D eigenvalue weighted by Crippen LogP contribution is 2.10. The predicted molar refractivity (Wildman–Crippen MR) is 57.5 cm³/mol. The Bertz CT molecular complexity index is 297. The van der Waals surface area contributed by atoms with Gasteiger partial charge in [0.25, 0.3) is 0 Å². The third-order valence-electron chi connectivity index (χ3n) is 1.55. The maximum absolute atomic E-state index is 5.56. The molecule has 0 aromatic carbocycles. The smallest absolute Gasteiger partial charge is 0.138 e. The van der Waals surface area contributed by atoms with E-state index in [9.17, 15) is 0 Å². The van der Waals surface area contributed by atoms with Crippen LogP contribution < -0.4 is 10.1 Å². The molecule has 0 aliphatic rings. The summed E-state index contributed by atoms with van der Waals surface area (Å²) in [6, 6.07) is 3.77. The lowest BCUT2D eigenvalue weighted by molar-refractivity contribution is 0.357. The van der Waals surface area contributed by atoms with E-state index in [-0.39, 0.29) is 0 Å². The molecule has 76 valence electrons. The second kappa shape index (κ2) is 5.62. The fourth-order valence-corrected chi connectivity index (χ4v) is 0.998. The fourth-order valence-electron chi connectivity index (χ4n) is 0.944. The van der Waals surface area contributed by atoms with Gasteiger partial charge in [-0.3, -0.25) is 4.98 Å². The van der Waals surface area contributed by atoms with E-state index in [0.717, 1.165) is 12.2 Å². The van der Waals surface area contributed by atoms with Crippen molar-refractivity contribution in [3.05, 3.63) is 35.6 Å². The van der Waals surface area contributed by atoms with Crippen LogP contribution in [0.3, 0.4) is 0 Å². The van der Waals surface area contributed by atoms with Crippen LogP contribution in [0.25, 0.3) is 0 Å². The molecule has 3 nitrogen and oxygen atoms in total. The zero-order chi connectivity index (χ0) is 10.4. The van der Waals surface area contributed by atoms with Crippen LogP contribution in [0.15, 0.2) is 29.9 Å². The largest absolute Gasteiger partial charge is 0.486 e. The van der Waals surface area contributed by atoms with E-state index in [1.54, 1.807) is 6.20 Å². The summed E-state index contributed by atoms with van der Waals surface area (Å²) >= 11 is 5.56. The van der Waals surface area contributed by atoms with Crippen molar-refractivity contribution in [2.45, 2.75) is 6.54 Å². The molecule has 0 bridgehead atoms. The topological polar surface area (TPSA) is 34.1 Å². The average Bonchev–Trinajstić information content (AvgIpc) is 2.17. The average molecular weight is 213 g/mol. The first-order valence-electron chi connectivity index (χ1n) is 4.28. The molecule has 14 heavy (non-hydrogen) atoms. The highest BCUT2D eigenvalue weighted by Gasteiger charge is 1.96. The summed E-state index contributed by atoms with van der Waals surface area (Å²) in [4.78, 5) is 4.19. The van der Waals surface area contributed by atoms with E-state index in [0.29, 0.717) is 17.4 Å². The molecule has 0 fully saturated rings. The fraction of sp³-hybridized carbons (Fsp3) is 0.300. The maximum atomic E-state index is 5.56. The molecule has 0 aliphatic heterocycles. The van der Waals surface area contributed by atoms with Gasteiger partial charge in [-0.2, -0.15) is 0 Å². The Morgan fingerprint density at radius 1 is 1.64 bits per heavy atom. The molecular weight excluding hydrogens is 200 g/mol. The third kappa shape index (κ3) is 3.77. The molecule has 0 saturated carbocycles. The van der Waals surface area contributed by atoms with Gasteiger partial charge < -0.3 is 10.1 Å². The van der Waals surface area contributed by atoms with E-state index in [1.807, 2.05) is 19.2 Å². The molecule has 0 aliphatic carbocycles. The molecule has 1 aromatic rings. The number of hydrogen-bond acceptors (Lipinski definition) is 3. The van der Waals surface area contributed by atoms with Crippen molar-refractivity contribution < 1.29 is 4.74 Å². The number of ether oxygens (including phenoxy) is 1. The van der Waals surface area contributed by atoms with Crippen molar-refractivity contribution >= 4 is 11.6 Å². The normalized spacial score (nSPS) is 9.86. The van der Waals surface area contributed by atoms with Crippen molar-refractivity contribution in [2.75, 3.05) is 13.7 Å². The van der Waals surface area contributed by atoms with Gasteiger partial charge in [0.15, 0.2) is 0 Å². The molecule has 4 heteroatoms. The van der Waals surface area contributed by atoms with Gasteiger partial charge in [-0.1, -0.05) is 18.2 Å². The van der Waals surface area contributed by atoms with Crippen LogP contribution in [0.1, 0.15) is 5.69 Å². The zero-order valence-corrected chi connectivity index (χ0v) is 8.84. The number of aromatic nitrogens is 1. The Morgan fingerprint density at radius 2 is 2.43 bits per heavy atom. The first kappa shape index (κ1) is 11.0. The van der Waals surface area contributed by atoms with Crippen molar-refractivity contribution in [1.82, 2.24) is 10.3 Å². The van der Waals surface area contributed by atoms with Crippen LogP contribution in [0, 0.1) is 0 Å². The predicted octanol–water partition coefficient (Wildman–Crippen LogP) is 1.93. The van der Waals surface area contributed by atoms with Gasteiger partial charge in [0.05, 0.1) is 11.9 Å².